The van der Waals surface area contributed by atoms with Crippen LogP contribution in [0.3, 0.4) is 0 Å². The Labute approximate surface area is 112 Å². The highest BCUT2D eigenvalue weighted by Gasteiger charge is 2.22. The summed E-state index contributed by atoms with van der Waals surface area (Å²) in [6.07, 6.45) is 9.68. The lowest BCUT2D eigenvalue weighted by Crippen LogP contribution is -2.42. The van der Waals surface area contributed by atoms with Crippen molar-refractivity contribution in [3.63, 3.8) is 0 Å². The van der Waals surface area contributed by atoms with Crippen molar-refractivity contribution in [2.75, 3.05) is 26.2 Å². The first kappa shape index (κ1) is 13.9. The van der Waals surface area contributed by atoms with Crippen molar-refractivity contribution < 1.29 is 4.79 Å². The molecule has 2 rings (SSSR count). The maximum absolute atomic E-state index is 12.1. The summed E-state index contributed by atoms with van der Waals surface area (Å²) in [4.78, 5) is 16.8. The molecule has 0 aromatic carbocycles. The topological polar surface area (TPSA) is 23.6 Å². The zero-order chi connectivity index (χ0) is 12.8. The highest BCUT2D eigenvalue weighted by atomic mass is 16.2. The number of amides is 1. The van der Waals surface area contributed by atoms with E-state index in [0.717, 1.165) is 32.1 Å². The number of rotatable bonds is 4. The predicted octanol–water partition coefficient (Wildman–Crippen LogP) is 2.65. The van der Waals surface area contributed by atoms with Gasteiger partial charge in [0.2, 0.25) is 5.91 Å². The molecule has 2 heterocycles. The second-order valence-corrected chi connectivity index (χ2v) is 5.79. The molecule has 3 heteroatoms. The summed E-state index contributed by atoms with van der Waals surface area (Å²) < 4.78 is 0. The summed E-state index contributed by atoms with van der Waals surface area (Å²) >= 11 is 0. The maximum atomic E-state index is 12.1. The molecule has 0 bridgehead atoms. The molecule has 0 aromatic rings. The van der Waals surface area contributed by atoms with E-state index in [4.69, 9.17) is 0 Å². The minimum Gasteiger partial charge on any atom is -0.343 e. The zero-order valence-corrected chi connectivity index (χ0v) is 11.9. The van der Waals surface area contributed by atoms with Crippen molar-refractivity contribution >= 4 is 5.91 Å². The lowest BCUT2D eigenvalue weighted by molar-refractivity contribution is -0.132. The quantitative estimate of drug-likeness (QED) is 0.768. The van der Waals surface area contributed by atoms with Crippen LogP contribution in [0.1, 0.15) is 58.3 Å². The molecule has 0 spiro atoms. The second-order valence-electron chi connectivity index (χ2n) is 5.79. The number of piperidine rings is 2. The van der Waals surface area contributed by atoms with E-state index in [9.17, 15) is 4.79 Å². The van der Waals surface area contributed by atoms with Crippen LogP contribution in [0.4, 0.5) is 0 Å². The SMILES string of the molecule is CCC1CCCCN1CCC(=O)N1CCCCC1. The Hall–Kier alpha value is -0.570. The normalized spacial score (nSPS) is 26.3. The Balaban J connectivity index is 1.73. The molecule has 2 aliphatic rings. The van der Waals surface area contributed by atoms with Gasteiger partial charge in [-0.2, -0.15) is 0 Å². The van der Waals surface area contributed by atoms with Gasteiger partial charge in [0.1, 0.15) is 0 Å². The standard InChI is InChI=1S/C15H28N2O/c1-2-14-8-4-7-10-16(14)13-9-15(18)17-11-5-3-6-12-17/h14H,2-13H2,1H3. The molecule has 1 atom stereocenters. The maximum Gasteiger partial charge on any atom is 0.223 e. The highest BCUT2D eigenvalue weighted by molar-refractivity contribution is 5.76. The lowest BCUT2D eigenvalue weighted by atomic mass is 10.00. The Morgan fingerprint density at radius 3 is 2.50 bits per heavy atom. The van der Waals surface area contributed by atoms with Gasteiger partial charge in [-0.3, -0.25) is 9.69 Å². The van der Waals surface area contributed by atoms with Crippen molar-refractivity contribution in [1.29, 1.82) is 0 Å². The van der Waals surface area contributed by atoms with Crippen LogP contribution in [0.2, 0.25) is 0 Å². The molecule has 3 nitrogen and oxygen atoms in total. The number of hydrogen-bond acceptors (Lipinski definition) is 2. The molecule has 18 heavy (non-hydrogen) atoms. The minimum atomic E-state index is 0.384. The van der Waals surface area contributed by atoms with E-state index in [-0.39, 0.29) is 0 Å². The first-order chi connectivity index (χ1) is 8.81. The predicted molar refractivity (Wildman–Crippen MR) is 74.6 cm³/mol. The van der Waals surface area contributed by atoms with Gasteiger partial charge in [-0.25, -0.2) is 0 Å². The zero-order valence-electron chi connectivity index (χ0n) is 11.9. The molecular weight excluding hydrogens is 224 g/mol. The van der Waals surface area contributed by atoms with Crippen molar-refractivity contribution in [3.05, 3.63) is 0 Å². The molecular formula is C15H28N2O. The minimum absolute atomic E-state index is 0.384. The Morgan fingerprint density at radius 1 is 1.06 bits per heavy atom. The molecule has 2 aliphatic heterocycles. The van der Waals surface area contributed by atoms with Gasteiger partial charge < -0.3 is 4.90 Å². The third-order valence-corrected chi connectivity index (χ3v) is 4.54. The molecule has 0 radical (unpaired) electrons. The third-order valence-electron chi connectivity index (χ3n) is 4.54. The van der Waals surface area contributed by atoms with Gasteiger partial charge >= 0.3 is 0 Å². The summed E-state index contributed by atoms with van der Waals surface area (Å²) in [5.41, 5.74) is 0. The molecule has 0 aromatic heterocycles. The van der Waals surface area contributed by atoms with E-state index in [2.05, 4.69) is 16.7 Å². The fourth-order valence-corrected chi connectivity index (χ4v) is 3.36. The Morgan fingerprint density at radius 2 is 1.78 bits per heavy atom. The van der Waals surface area contributed by atoms with Crippen LogP contribution >= 0.6 is 0 Å². The van der Waals surface area contributed by atoms with Crippen molar-refractivity contribution in [1.82, 2.24) is 9.80 Å². The van der Waals surface area contributed by atoms with Crippen LogP contribution in [0.5, 0.6) is 0 Å². The van der Waals surface area contributed by atoms with E-state index in [1.54, 1.807) is 0 Å². The summed E-state index contributed by atoms with van der Waals surface area (Å²) in [6.45, 7) is 6.45. The number of carbonyl (C=O) groups excluding carboxylic acids is 1. The average Bonchev–Trinajstić information content (AvgIpc) is 2.46. The van der Waals surface area contributed by atoms with E-state index < -0.39 is 0 Å². The van der Waals surface area contributed by atoms with E-state index >= 15 is 0 Å². The van der Waals surface area contributed by atoms with Gasteiger partial charge in [-0.15, -0.1) is 0 Å². The summed E-state index contributed by atoms with van der Waals surface area (Å²) in [6, 6.07) is 0.730. The first-order valence-corrected chi connectivity index (χ1v) is 7.83. The second kappa shape index (κ2) is 7.13. The van der Waals surface area contributed by atoms with Crippen LogP contribution in [-0.2, 0) is 4.79 Å². The van der Waals surface area contributed by atoms with Gasteiger partial charge in [0.05, 0.1) is 0 Å². The third kappa shape index (κ3) is 3.71. The fourth-order valence-electron chi connectivity index (χ4n) is 3.36. The van der Waals surface area contributed by atoms with Gasteiger partial charge in [0.15, 0.2) is 0 Å². The van der Waals surface area contributed by atoms with E-state index in [0.29, 0.717) is 5.91 Å². The van der Waals surface area contributed by atoms with Crippen molar-refractivity contribution in [2.45, 2.75) is 64.3 Å². The van der Waals surface area contributed by atoms with Gasteiger partial charge in [-0.1, -0.05) is 13.3 Å². The molecule has 2 saturated heterocycles. The van der Waals surface area contributed by atoms with Crippen LogP contribution < -0.4 is 0 Å². The number of carbonyl (C=O) groups is 1. The molecule has 104 valence electrons. The van der Waals surface area contributed by atoms with Gasteiger partial charge in [0, 0.05) is 32.1 Å². The Kier molecular flexibility index (Phi) is 5.48. The van der Waals surface area contributed by atoms with Crippen molar-refractivity contribution in [2.24, 2.45) is 0 Å². The first-order valence-electron chi connectivity index (χ1n) is 7.83. The number of hydrogen-bond donors (Lipinski definition) is 0. The average molecular weight is 252 g/mol. The van der Waals surface area contributed by atoms with Crippen LogP contribution in [0.15, 0.2) is 0 Å². The largest absolute Gasteiger partial charge is 0.343 e. The summed E-state index contributed by atoms with van der Waals surface area (Å²) in [7, 11) is 0. The summed E-state index contributed by atoms with van der Waals surface area (Å²) in [5.74, 6) is 0.384. The highest BCUT2D eigenvalue weighted by Crippen LogP contribution is 2.20. The number of likely N-dealkylation sites (tertiary alicyclic amines) is 2. The number of nitrogens with zero attached hydrogens (tertiary/aromatic N) is 2. The van der Waals surface area contributed by atoms with Crippen LogP contribution in [-0.4, -0.2) is 47.9 Å². The van der Waals surface area contributed by atoms with Gasteiger partial charge in [-0.05, 0) is 45.1 Å². The van der Waals surface area contributed by atoms with E-state index in [1.165, 1.54) is 51.5 Å². The Bertz CT molecular complexity index is 261. The fraction of sp³-hybridized carbons (Fsp3) is 0.933. The summed E-state index contributed by atoms with van der Waals surface area (Å²) in [5, 5.41) is 0. The van der Waals surface area contributed by atoms with Crippen molar-refractivity contribution in [3.8, 4) is 0 Å². The van der Waals surface area contributed by atoms with Crippen LogP contribution in [0.25, 0.3) is 0 Å². The lowest BCUT2D eigenvalue weighted by Gasteiger charge is -2.35. The van der Waals surface area contributed by atoms with Gasteiger partial charge in [0.25, 0.3) is 0 Å². The monoisotopic (exact) mass is 252 g/mol. The molecule has 2 fully saturated rings. The molecule has 1 amide bonds. The molecule has 1 unspecified atom stereocenters. The smallest absolute Gasteiger partial charge is 0.223 e. The molecule has 0 saturated carbocycles. The van der Waals surface area contributed by atoms with Crippen LogP contribution in [0, 0.1) is 0 Å². The molecule has 0 N–H and O–H groups in total. The van der Waals surface area contributed by atoms with E-state index in [1.807, 2.05) is 0 Å². The molecule has 0 aliphatic carbocycles.